The van der Waals surface area contributed by atoms with E-state index in [0.29, 0.717) is 25.4 Å². The van der Waals surface area contributed by atoms with Gasteiger partial charge >= 0.3 is 0 Å². The van der Waals surface area contributed by atoms with Gasteiger partial charge in [0.25, 0.3) is 0 Å². The number of nitrogens with one attached hydrogen (secondary N) is 2. The molecule has 3 aromatic rings. The van der Waals surface area contributed by atoms with Crippen molar-refractivity contribution in [2.24, 2.45) is 5.41 Å². The highest BCUT2D eigenvalue weighted by atomic mass is 35.5. The normalized spacial score (nSPS) is 16.1. The second-order valence-electron chi connectivity index (χ2n) is 10.2. The van der Waals surface area contributed by atoms with Gasteiger partial charge in [0.15, 0.2) is 0 Å². The number of carbonyl (C=O) groups is 1. The highest BCUT2D eigenvalue weighted by Crippen LogP contribution is 2.33. The molecular weight excluding hydrogens is 470 g/mol. The summed E-state index contributed by atoms with van der Waals surface area (Å²) in [6.45, 7) is 7.21. The first-order valence-electron chi connectivity index (χ1n) is 12.5. The van der Waals surface area contributed by atoms with Crippen molar-refractivity contribution in [3.8, 4) is 0 Å². The number of aryl methyl sites for hydroxylation is 2. The number of likely N-dealkylation sites (tertiary alicyclic amines) is 1. The lowest BCUT2D eigenvalue weighted by atomic mass is 9.82. The molecule has 0 aromatic heterocycles. The quantitative estimate of drug-likeness (QED) is 0.316. The van der Waals surface area contributed by atoms with Crippen molar-refractivity contribution in [3.63, 3.8) is 0 Å². The van der Waals surface area contributed by atoms with Crippen LogP contribution in [-0.4, -0.2) is 47.5 Å². The number of para-hydroxylation sites is 2. The Kier molecular flexibility index (Phi) is 8.22. The summed E-state index contributed by atoms with van der Waals surface area (Å²) in [7, 11) is 0. The molecule has 0 spiro atoms. The van der Waals surface area contributed by atoms with E-state index in [2.05, 4.69) is 79.9 Å². The lowest BCUT2D eigenvalue weighted by Gasteiger charge is -2.49. The van der Waals surface area contributed by atoms with E-state index >= 15 is 0 Å². The van der Waals surface area contributed by atoms with Crippen LogP contribution in [0.15, 0.2) is 72.8 Å². The standard InChI is InChI=1S/C30H36ClN3O2/c1-21-8-12-24(13-9-21)16-28(29(36)34-18-30(17-31,19-34)20-35)33-27-7-5-4-6-26(27)32-23(3)25-14-10-22(2)11-15-25/h4-15,23,28,32-33,35H,16-20H2,1-3H3/t23?,28-/m0/s1. The van der Waals surface area contributed by atoms with Crippen molar-refractivity contribution in [3.05, 3.63) is 95.1 Å². The van der Waals surface area contributed by atoms with E-state index in [1.165, 1.54) is 16.7 Å². The number of rotatable bonds is 10. The molecule has 1 saturated heterocycles. The molecule has 3 N–H and O–H groups in total. The van der Waals surface area contributed by atoms with Crippen LogP contribution in [0.5, 0.6) is 0 Å². The van der Waals surface area contributed by atoms with Crippen LogP contribution in [0.2, 0.25) is 0 Å². The van der Waals surface area contributed by atoms with Crippen LogP contribution in [-0.2, 0) is 11.2 Å². The van der Waals surface area contributed by atoms with Gasteiger partial charge in [-0.25, -0.2) is 0 Å². The number of anilines is 2. The molecule has 1 amide bonds. The number of amides is 1. The maximum atomic E-state index is 13.6. The number of halogens is 1. The second-order valence-corrected chi connectivity index (χ2v) is 10.5. The Hall–Kier alpha value is -3.02. The number of aliphatic hydroxyl groups is 1. The molecule has 1 aliphatic heterocycles. The minimum atomic E-state index is -0.447. The molecule has 190 valence electrons. The molecule has 0 aliphatic carbocycles. The minimum Gasteiger partial charge on any atom is -0.396 e. The lowest BCUT2D eigenvalue weighted by molar-refractivity contribution is -0.145. The molecule has 4 rings (SSSR count). The van der Waals surface area contributed by atoms with Crippen LogP contribution in [0.25, 0.3) is 0 Å². The van der Waals surface area contributed by atoms with Crippen molar-refractivity contribution in [1.29, 1.82) is 0 Å². The Morgan fingerprint density at radius 3 is 2.06 bits per heavy atom. The van der Waals surface area contributed by atoms with Gasteiger partial charge in [-0.15, -0.1) is 11.6 Å². The smallest absolute Gasteiger partial charge is 0.245 e. The van der Waals surface area contributed by atoms with Crippen molar-refractivity contribution in [2.75, 3.05) is 36.2 Å². The van der Waals surface area contributed by atoms with Crippen LogP contribution >= 0.6 is 11.6 Å². The summed E-state index contributed by atoms with van der Waals surface area (Å²) in [4.78, 5) is 15.4. The van der Waals surface area contributed by atoms with Gasteiger partial charge < -0.3 is 20.6 Å². The first kappa shape index (κ1) is 26.1. The van der Waals surface area contributed by atoms with Gasteiger partial charge in [-0.05, 0) is 44.0 Å². The molecular formula is C30H36ClN3O2. The van der Waals surface area contributed by atoms with Crippen LogP contribution in [0.1, 0.15) is 35.2 Å². The first-order chi connectivity index (χ1) is 17.3. The number of hydrogen-bond donors (Lipinski definition) is 3. The van der Waals surface area contributed by atoms with Crippen LogP contribution in [0.3, 0.4) is 0 Å². The first-order valence-corrected chi connectivity index (χ1v) is 13.1. The van der Waals surface area contributed by atoms with Gasteiger partial charge in [0.05, 0.1) is 18.0 Å². The van der Waals surface area contributed by atoms with E-state index in [-0.39, 0.29) is 18.6 Å². The van der Waals surface area contributed by atoms with E-state index in [1.807, 2.05) is 24.3 Å². The monoisotopic (exact) mass is 505 g/mol. The van der Waals surface area contributed by atoms with Gasteiger partial charge in [0, 0.05) is 36.8 Å². The summed E-state index contributed by atoms with van der Waals surface area (Å²) < 4.78 is 0. The molecule has 0 saturated carbocycles. The number of alkyl halides is 1. The molecule has 3 aromatic carbocycles. The fourth-order valence-corrected chi connectivity index (χ4v) is 4.87. The predicted molar refractivity (Wildman–Crippen MR) is 149 cm³/mol. The van der Waals surface area contributed by atoms with Crippen molar-refractivity contribution >= 4 is 28.9 Å². The van der Waals surface area contributed by atoms with E-state index in [9.17, 15) is 9.90 Å². The number of aliphatic hydroxyl groups excluding tert-OH is 1. The van der Waals surface area contributed by atoms with Crippen LogP contribution in [0, 0.1) is 19.3 Å². The molecule has 2 atom stereocenters. The Morgan fingerprint density at radius 1 is 0.944 bits per heavy atom. The highest BCUT2D eigenvalue weighted by molar-refractivity contribution is 6.18. The Balaban J connectivity index is 1.55. The molecule has 0 radical (unpaired) electrons. The fraction of sp³-hybridized carbons (Fsp3) is 0.367. The molecule has 6 heteroatoms. The van der Waals surface area contributed by atoms with E-state index in [0.717, 1.165) is 16.9 Å². The topological polar surface area (TPSA) is 64.6 Å². The van der Waals surface area contributed by atoms with Gasteiger partial charge in [0.1, 0.15) is 6.04 Å². The van der Waals surface area contributed by atoms with Crippen molar-refractivity contribution in [2.45, 2.75) is 39.3 Å². The summed E-state index contributed by atoms with van der Waals surface area (Å²) >= 11 is 6.09. The van der Waals surface area contributed by atoms with Gasteiger partial charge in [-0.2, -0.15) is 0 Å². The zero-order valence-corrected chi connectivity index (χ0v) is 22.1. The summed E-state index contributed by atoms with van der Waals surface area (Å²) in [6.07, 6.45) is 0.560. The fourth-order valence-electron chi connectivity index (χ4n) is 4.62. The lowest BCUT2D eigenvalue weighted by Crippen LogP contribution is -2.63. The summed E-state index contributed by atoms with van der Waals surface area (Å²) in [5.41, 5.74) is 6.15. The largest absolute Gasteiger partial charge is 0.396 e. The molecule has 1 heterocycles. The molecule has 5 nitrogen and oxygen atoms in total. The van der Waals surface area contributed by atoms with E-state index in [4.69, 9.17) is 11.6 Å². The average molecular weight is 506 g/mol. The Morgan fingerprint density at radius 2 is 1.50 bits per heavy atom. The summed E-state index contributed by atoms with van der Waals surface area (Å²) in [5.74, 6) is 0.360. The van der Waals surface area contributed by atoms with Crippen molar-refractivity contribution in [1.82, 2.24) is 4.90 Å². The maximum absolute atomic E-state index is 13.6. The number of nitrogens with zero attached hydrogens (tertiary/aromatic N) is 1. The summed E-state index contributed by atoms with van der Waals surface area (Å²) in [6, 6.07) is 24.5. The van der Waals surface area contributed by atoms with Gasteiger partial charge in [-0.1, -0.05) is 71.8 Å². The Labute approximate surface area is 219 Å². The average Bonchev–Trinajstić information content (AvgIpc) is 2.86. The third-order valence-electron chi connectivity index (χ3n) is 7.05. The van der Waals surface area contributed by atoms with Crippen LogP contribution < -0.4 is 10.6 Å². The predicted octanol–water partition coefficient (Wildman–Crippen LogP) is 5.56. The minimum absolute atomic E-state index is 0.0139. The van der Waals surface area contributed by atoms with E-state index < -0.39 is 11.5 Å². The third kappa shape index (κ3) is 6.03. The molecule has 36 heavy (non-hydrogen) atoms. The number of benzene rings is 3. The highest BCUT2D eigenvalue weighted by Gasteiger charge is 2.45. The molecule has 0 bridgehead atoms. The number of carbonyl (C=O) groups excluding carboxylic acids is 1. The zero-order valence-electron chi connectivity index (χ0n) is 21.3. The second kappa shape index (κ2) is 11.4. The molecule has 1 unspecified atom stereocenters. The van der Waals surface area contributed by atoms with Gasteiger partial charge in [-0.3, -0.25) is 4.79 Å². The Bertz CT molecular complexity index is 1150. The maximum Gasteiger partial charge on any atom is 0.245 e. The van der Waals surface area contributed by atoms with E-state index in [1.54, 1.807) is 4.90 Å². The van der Waals surface area contributed by atoms with Crippen LogP contribution in [0.4, 0.5) is 11.4 Å². The van der Waals surface area contributed by atoms with Gasteiger partial charge in [0.2, 0.25) is 5.91 Å². The SMILES string of the molecule is Cc1ccc(C[C@H](Nc2ccccc2NC(C)c2ccc(C)cc2)C(=O)N2CC(CO)(CCl)C2)cc1. The number of hydrogen-bond acceptors (Lipinski definition) is 4. The summed E-state index contributed by atoms with van der Waals surface area (Å²) in [5, 5.41) is 16.9. The molecule has 1 fully saturated rings. The zero-order chi connectivity index (χ0) is 25.7. The molecule has 1 aliphatic rings. The van der Waals surface area contributed by atoms with Crippen molar-refractivity contribution < 1.29 is 9.90 Å². The third-order valence-corrected chi connectivity index (χ3v) is 7.61.